The van der Waals surface area contributed by atoms with Crippen LogP contribution in [0.2, 0.25) is 0 Å². The minimum Gasteiger partial charge on any atom is -0.396 e. The summed E-state index contributed by atoms with van der Waals surface area (Å²) >= 11 is 0. The maximum atomic E-state index is 8.83. The zero-order chi connectivity index (χ0) is 11.6. The summed E-state index contributed by atoms with van der Waals surface area (Å²) in [6, 6.07) is 0. The first-order chi connectivity index (χ1) is 7.86. The highest BCUT2D eigenvalue weighted by atomic mass is 16.3. The van der Waals surface area contributed by atoms with Crippen LogP contribution in [0.5, 0.6) is 0 Å². The van der Waals surface area contributed by atoms with E-state index in [9.17, 15) is 0 Å². The molecule has 1 rings (SSSR count). The molecule has 0 bridgehead atoms. The van der Waals surface area contributed by atoms with Crippen LogP contribution < -0.4 is 0 Å². The molecule has 0 aromatic carbocycles. The fraction of sp³-hybridized carbons (Fsp3) is 1.00. The summed E-state index contributed by atoms with van der Waals surface area (Å²) in [5, 5.41) is 17.5. The highest BCUT2D eigenvalue weighted by Crippen LogP contribution is 2.05. The molecule has 1 fully saturated rings. The van der Waals surface area contributed by atoms with Gasteiger partial charge in [0, 0.05) is 39.3 Å². The molecule has 1 saturated heterocycles. The Bertz CT molecular complexity index is 159. The van der Waals surface area contributed by atoms with Gasteiger partial charge in [-0.05, 0) is 19.4 Å². The van der Waals surface area contributed by atoms with Crippen molar-refractivity contribution in [2.75, 3.05) is 52.5 Å². The van der Waals surface area contributed by atoms with E-state index in [1.165, 1.54) is 19.4 Å². The lowest BCUT2D eigenvalue weighted by Crippen LogP contribution is -2.47. The zero-order valence-corrected chi connectivity index (χ0v) is 10.3. The first-order valence-corrected chi connectivity index (χ1v) is 6.53. The Balaban J connectivity index is 1.95. The zero-order valence-electron chi connectivity index (χ0n) is 10.3. The van der Waals surface area contributed by atoms with Crippen LogP contribution in [0.4, 0.5) is 0 Å². The molecule has 16 heavy (non-hydrogen) atoms. The van der Waals surface area contributed by atoms with Crippen LogP contribution in [-0.2, 0) is 0 Å². The quantitative estimate of drug-likeness (QED) is 0.583. The Labute approximate surface area is 98.9 Å². The maximum Gasteiger partial charge on any atom is 0.0558 e. The van der Waals surface area contributed by atoms with Crippen LogP contribution in [-0.4, -0.2) is 72.5 Å². The van der Waals surface area contributed by atoms with Crippen molar-refractivity contribution in [1.29, 1.82) is 0 Å². The second kappa shape index (κ2) is 8.93. The first kappa shape index (κ1) is 13.9. The lowest BCUT2D eigenvalue weighted by atomic mass is 10.2. The van der Waals surface area contributed by atoms with Crippen LogP contribution in [0.3, 0.4) is 0 Å². The third kappa shape index (κ3) is 5.80. The Morgan fingerprint density at radius 1 is 0.625 bits per heavy atom. The van der Waals surface area contributed by atoms with Gasteiger partial charge in [0.2, 0.25) is 0 Å². The highest BCUT2D eigenvalue weighted by molar-refractivity contribution is 4.71. The normalized spacial score (nSPS) is 19.1. The van der Waals surface area contributed by atoms with Crippen molar-refractivity contribution in [2.24, 2.45) is 0 Å². The predicted molar refractivity (Wildman–Crippen MR) is 65.5 cm³/mol. The number of aliphatic hydroxyl groups is 2. The number of aliphatic hydroxyl groups excluding tert-OH is 2. The van der Waals surface area contributed by atoms with E-state index in [1.807, 2.05) is 0 Å². The summed E-state index contributed by atoms with van der Waals surface area (Å²) in [5.41, 5.74) is 0. The van der Waals surface area contributed by atoms with Gasteiger partial charge in [-0.3, -0.25) is 4.90 Å². The van der Waals surface area contributed by atoms with Crippen molar-refractivity contribution in [3.05, 3.63) is 0 Å². The predicted octanol–water partition coefficient (Wildman–Crippen LogP) is 0.149. The Morgan fingerprint density at radius 3 is 1.75 bits per heavy atom. The molecule has 0 saturated carbocycles. The average molecular weight is 230 g/mol. The van der Waals surface area contributed by atoms with Gasteiger partial charge in [-0.2, -0.15) is 0 Å². The summed E-state index contributed by atoms with van der Waals surface area (Å²) in [7, 11) is 0. The number of β-amino-alcohol motifs (C(OH)–C–C–N with tert-alkyl or cyclic N) is 1. The number of piperazine rings is 1. The minimum atomic E-state index is 0.279. The molecule has 1 aliphatic rings. The molecule has 0 atom stereocenters. The molecule has 1 heterocycles. The molecule has 96 valence electrons. The molecule has 0 spiro atoms. The molecule has 0 aromatic rings. The first-order valence-electron chi connectivity index (χ1n) is 6.53. The van der Waals surface area contributed by atoms with Crippen LogP contribution >= 0.6 is 0 Å². The number of nitrogens with zero attached hydrogens (tertiary/aromatic N) is 2. The second-order valence-corrected chi connectivity index (χ2v) is 4.54. The van der Waals surface area contributed by atoms with Crippen molar-refractivity contribution >= 4 is 0 Å². The summed E-state index contributed by atoms with van der Waals surface area (Å²) < 4.78 is 0. The van der Waals surface area contributed by atoms with Gasteiger partial charge in [0.05, 0.1) is 6.61 Å². The van der Waals surface area contributed by atoms with Crippen molar-refractivity contribution in [3.8, 4) is 0 Å². The van der Waals surface area contributed by atoms with E-state index in [1.54, 1.807) is 0 Å². The molecular weight excluding hydrogens is 204 g/mol. The molecule has 0 aromatic heterocycles. The fourth-order valence-corrected chi connectivity index (χ4v) is 2.18. The Hall–Kier alpha value is -0.160. The van der Waals surface area contributed by atoms with Gasteiger partial charge in [0.15, 0.2) is 0 Å². The van der Waals surface area contributed by atoms with E-state index in [2.05, 4.69) is 9.80 Å². The van der Waals surface area contributed by atoms with Crippen LogP contribution in [0.25, 0.3) is 0 Å². The molecule has 0 amide bonds. The largest absolute Gasteiger partial charge is 0.396 e. The van der Waals surface area contributed by atoms with Crippen LogP contribution in [0, 0.1) is 0 Å². The number of hydrogen-bond acceptors (Lipinski definition) is 4. The van der Waals surface area contributed by atoms with Gasteiger partial charge in [-0.1, -0.05) is 12.8 Å². The standard InChI is InChI=1S/C12H26N2O2/c15-11-4-2-1-3-5-13-6-8-14(9-7-13)10-12-16/h15-16H,1-12H2. The van der Waals surface area contributed by atoms with E-state index >= 15 is 0 Å². The van der Waals surface area contributed by atoms with Gasteiger partial charge in [0.1, 0.15) is 0 Å². The minimum absolute atomic E-state index is 0.279. The van der Waals surface area contributed by atoms with E-state index in [0.717, 1.165) is 45.6 Å². The number of hydrogen-bond donors (Lipinski definition) is 2. The molecule has 1 aliphatic heterocycles. The summed E-state index contributed by atoms with van der Waals surface area (Å²) in [4.78, 5) is 4.83. The molecule has 4 heteroatoms. The molecular formula is C12H26N2O2. The molecule has 0 radical (unpaired) electrons. The van der Waals surface area contributed by atoms with Gasteiger partial charge in [-0.25, -0.2) is 0 Å². The van der Waals surface area contributed by atoms with Crippen LogP contribution in [0.15, 0.2) is 0 Å². The van der Waals surface area contributed by atoms with Crippen LogP contribution in [0.1, 0.15) is 25.7 Å². The third-order valence-corrected chi connectivity index (χ3v) is 3.26. The lowest BCUT2D eigenvalue weighted by Gasteiger charge is -2.34. The monoisotopic (exact) mass is 230 g/mol. The number of unbranched alkanes of at least 4 members (excludes halogenated alkanes) is 3. The van der Waals surface area contributed by atoms with Crippen molar-refractivity contribution in [1.82, 2.24) is 9.80 Å². The van der Waals surface area contributed by atoms with Gasteiger partial charge >= 0.3 is 0 Å². The molecule has 4 nitrogen and oxygen atoms in total. The molecule has 0 unspecified atom stereocenters. The number of rotatable bonds is 8. The highest BCUT2D eigenvalue weighted by Gasteiger charge is 2.15. The third-order valence-electron chi connectivity index (χ3n) is 3.26. The van der Waals surface area contributed by atoms with E-state index in [0.29, 0.717) is 6.61 Å². The van der Waals surface area contributed by atoms with E-state index in [-0.39, 0.29) is 6.61 Å². The lowest BCUT2D eigenvalue weighted by molar-refractivity contribution is 0.111. The SMILES string of the molecule is OCCCCCCN1CCN(CCO)CC1. The van der Waals surface area contributed by atoms with Gasteiger partial charge in [-0.15, -0.1) is 0 Å². The van der Waals surface area contributed by atoms with Gasteiger partial charge < -0.3 is 15.1 Å². The molecule has 2 N–H and O–H groups in total. The van der Waals surface area contributed by atoms with E-state index in [4.69, 9.17) is 10.2 Å². The van der Waals surface area contributed by atoms with E-state index < -0.39 is 0 Å². The van der Waals surface area contributed by atoms with Crippen molar-refractivity contribution in [2.45, 2.75) is 25.7 Å². The summed E-state index contributed by atoms with van der Waals surface area (Å²) in [5.74, 6) is 0. The topological polar surface area (TPSA) is 46.9 Å². The Kier molecular flexibility index (Phi) is 7.76. The fourth-order valence-electron chi connectivity index (χ4n) is 2.18. The Morgan fingerprint density at radius 2 is 1.19 bits per heavy atom. The molecule has 0 aliphatic carbocycles. The second-order valence-electron chi connectivity index (χ2n) is 4.54. The summed E-state index contributed by atoms with van der Waals surface area (Å²) in [6.07, 6.45) is 4.59. The maximum absolute atomic E-state index is 8.83. The van der Waals surface area contributed by atoms with Gasteiger partial charge in [0.25, 0.3) is 0 Å². The average Bonchev–Trinajstić information content (AvgIpc) is 2.31. The smallest absolute Gasteiger partial charge is 0.0558 e. The van der Waals surface area contributed by atoms with Crippen molar-refractivity contribution in [3.63, 3.8) is 0 Å². The summed E-state index contributed by atoms with van der Waals surface area (Å²) in [6.45, 7) is 7.10. The van der Waals surface area contributed by atoms with Crippen molar-refractivity contribution < 1.29 is 10.2 Å².